The summed E-state index contributed by atoms with van der Waals surface area (Å²) in [5.41, 5.74) is 3.58. The van der Waals surface area contributed by atoms with Gasteiger partial charge in [0.25, 0.3) is 0 Å². The van der Waals surface area contributed by atoms with E-state index in [4.69, 9.17) is 0 Å². The van der Waals surface area contributed by atoms with Gasteiger partial charge in [0.05, 0.1) is 11.6 Å². The average molecular weight is 296 g/mol. The molecule has 22 heavy (non-hydrogen) atoms. The smallest absolute Gasteiger partial charge is 0.231 e. The number of rotatable bonds is 3. The van der Waals surface area contributed by atoms with Crippen LogP contribution in [0.2, 0.25) is 0 Å². The van der Waals surface area contributed by atoms with E-state index in [2.05, 4.69) is 11.0 Å². The van der Waals surface area contributed by atoms with E-state index in [9.17, 15) is 9.59 Å². The maximum atomic E-state index is 12.5. The molecule has 4 heteroatoms. The third-order valence-electron chi connectivity index (χ3n) is 5.06. The van der Waals surface area contributed by atoms with Crippen LogP contribution in [0.3, 0.4) is 0 Å². The standard InChI is InChI=1S/C18H20N2O2/c1-12(21)8-10-19-11-9-14-13-4-2-3-5-15(13)20-17(22)7-6-16(19)18(14)20/h2-5,16H,6-11H2,1H3. The molecule has 0 fully saturated rings. The minimum Gasteiger partial charge on any atom is -0.300 e. The predicted octanol–water partition coefficient (Wildman–Crippen LogP) is 2.95. The Bertz CT molecular complexity index is 775. The second-order valence-electron chi connectivity index (χ2n) is 6.40. The van der Waals surface area contributed by atoms with Gasteiger partial charge in [-0.1, -0.05) is 18.2 Å². The molecule has 114 valence electrons. The summed E-state index contributed by atoms with van der Waals surface area (Å²) in [6.45, 7) is 3.43. The number of hydrogen-bond acceptors (Lipinski definition) is 3. The van der Waals surface area contributed by atoms with Gasteiger partial charge < -0.3 is 0 Å². The van der Waals surface area contributed by atoms with E-state index in [1.807, 2.05) is 22.8 Å². The third kappa shape index (κ3) is 1.94. The Hall–Kier alpha value is -1.94. The lowest BCUT2D eigenvalue weighted by Gasteiger charge is -2.38. The van der Waals surface area contributed by atoms with Gasteiger partial charge in [0.2, 0.25) is 5.91 Å². The summed E-state index contributed by atoms with van der Waals surface area (Å²) in [4.78, 5) is 26.2. The fourth-order valence-corrected chi connectivity index (χ4v) is 4.05. The molecule has 0 radical (unpaired) electrons. The van der Waals surface area contributed by atoms with Crippen molar-refractivity contribution >= 4 is 22.6 Å². The van der Waals surface area contributed by atoms with Crippen molar-refractivity contribution in [2.75, 3.05) is 13.1 Å². The van der Waals surface area contributed by atoms with E-state index in [1.165, 1.54) is 16.6 Å². The number of para-hydroxylation sites is 1. The maximum Gasteiger partial charge on any atom is 0.231 e. The van der Waals surface area contributed by atoms with Crippen molar-refractivity contribution in [2.24, 2.45) is 0 Å². The molecule has 1 atom stereocenters. The Labute approximate surface area is 129 Å². The lowest BCUT2D eigenvalue weighted by molar-refractivity contribution is -0.117. The van der Waals surface area contributed by atoms with Gasteiger partial charge in [-0.05, 0) is 31.4 Å². The Balaban J connectivity index is 1.83. The second kappa shape index (κ2) is 5.06. The lowest BCUT2D eigenvalue weighted by Crippen LogP contribution is -2.40. The zero-order chi connectivity index (χ0) is 15.3. The summed E-state index contributed by atoms with van der Waals surface area (Å²) in [6.07, 6.45) is 3.02. The minimum atomic E-state index is 0.210. The molecule has 0 aliphatic carbocycles. The third-order valence-corrected chi connectivity index (χ3v) is 5.06. The largest absolute Gasteiger partial charge is 0.300 e. The molecule has 0 N–H and O–H groups in total. The van der Waals surface area contributed by atoms with Crippen LogP contribution in [0.5, 0.6) is 0 Å². The van der Waals surface area contributed by atoms with E-state index in [0.29, 0.717) is 12.8 Å². The van der Waals surface area contributed by atoms with E-state index in [0.717, 1.165) is 31.4 Å². The zero-order valence-corrected chi connectivity index (χ0v) is 12.8. The highest BCUT2D eigenvalue weighted by atomic mass is 16.2. The molecule has 0 saturated carbocycles. The summed E-state index contributed by atoms with van der Waals surface area (Å²) in [6, 6.07) is 8.52. The molecule has 1 aromatic heterocycles. The van der Waals surface area contributed by atoms with Gasteiger partial charge in [0, 0.05) is 37.0 Å². The Morgan fingerprint density at radius 2 is 2.09 bits per heavy atom. The number of aromatic nitrogens is 1. The molecule has 4 nitrogen and oxygen atoms in total. The predicted molar refractivity (Wildman–Crippen MR) is 85.1 cm³/mol. The monoisotopic (exact) mass is 296 g/mol. The molecule has 3 heterocycles. The minimum absolute atomic E-state index is 0.210. The van der Waals surface area contributed by atoms with Crippen molar-refractivity contribution in [3.63, 3.8) is 0 Å². The average Bonchev–Trinajstić information content (AvgIpc) is 2.86. The van der Waals surface area contributed by atoms with Crippen molar-refractivity contribution in [2.45, 2.75) is 38.6 Å². The van der Waals surface area contributed by atoms with Crippen LogP contribution < -0.4 is 0 Å². The van der Waals surface area contributed by atoms with E-state index in [1.54, 1.807) is 6.92 Å². The van der Waals surface area contributed by atoms with Crippen molar-refractivity contribution < 1.29 is 9.59 Å². The molecule has 0 amide bonds. The SMILES string of the molecule is CC(=O)CCN1CCc2c3n(c4ccccc24)C(=O)CCC31. The second-order valence-corrected chi connectivity index (χ2v) is 6.40. The van der Waals surface area contributed by atoms with Crippen LogP contribution in [0.15, 0.2) is 24.3 Å². The van der Waals surface area contributed by atoms with Crippen LogP contribution in [-0.2, 0) is 11.2 Å². The summed E-state index contributed by atoms with van der Waals surface area (Å²) in [7, 11) is 0. The molecular weight excluding hydrogens is 276 g/mol. The Kier molecular flexibility index (Phi) is 3.15. The number of carbonyl (C=O) groups excluding carboxylic acids is 2. The van der Waals surface area contributed by atoms with Crippen molar-refractivity contribution in [1.82, 2.24) is 9.47 Å². The molecule has 2 aromatic rings. The number of nitrogens with zero attached hydrogens (tertiary/aromatic N) is 2. The van der Waals surface area contributed by atoms with Crippen LogP contribution in [0.25, 0.3) is 10.9 Å². The number of ketones is 1. The van der Waals surface area contributed by atoms with Crippen LogP contribution in [-0.4, -0.2) is 34.2 Å². The van der Waals surface area contributed by atoms with Gasteiger partial charge >= 0.3 is 0 Å². The van der Waals surface area contributed by atoms with Crippen molar-refractivity contribution in [3.8, 4) is 0 Å². The quantitative estimate of drug-likeness (QED) is 0.874. The first-order valence-corrected chi connectivity index (χ1v) is 8.05. The molecule has 2 aliphatic rings. The first-order valence-electron chi connectivity index (χ1n) is 8.05. The molecule has 4 rings (SSSR count). The molecular formula is C18H20N2O2. The van der Waals surface area contributed by atoms with Gasteiger partial charge in [-0.2, -0.15) is 0 Å². The van der Waals surface area contributed by atoms with E-state index in [-0.39, 0.29) is 17.7 Å². The zero-order valence-electron chi connectivity index (χ0n) is 12.8. The van der Waals surface area contributed by atoms with Crippen LogP contribution in [0.1, 0.15) is 48.3 Å². The van der Waals surface area contributed by atoms with E-state index >= 15 is 0 Å². The molecule has 0 bridgehead atoms. The number of fused-ring (bicyclic) bond motifs is 3. The molecule has 1 aromatic carbocycles. The number of carbonyl (C=O) groups is 2. The summed E-state index contributed by atoms with van der Waals surface area (Å²) < 4.78 is 1.94. The van der Waals surface area contributed by atoms with Crippen molar-refractivity contribution in [1.29, 1.82) is 0 Å². The molecule has 0 saturated heterocycles. The van der Waals surface area contributed by atoms with E-state index < -0.39 is 0 Å². The molecule has 2 aliphatic heterocycles. The lowest BCUT2D eigenvalue weighted by atomic mass is 9.92. The van der Waals surface area contributed by atoms with Crippen molar-refractivity contribution in [3.05, 3.63) is 35.5 Å². The van der Waals surface area contributed by atoms with Gasteiger partial charge in [0.1, 0.15) is 5.78 Å². The topological polar surface area (TPSA) is 42.3 Å². The first kappa shape index (κ1) is 13.7. The summed E-state index contributed by atoms with van der Waals surface area (Å²) >= 11 is 0. The van der Waals surface area contributed by atoms with Gasteiger partial charge in [0.15, 0.2) is 0 Å². The first-order chi connectivity index (χ1) is 10.7. The van der Waals surface area contributed by atoms with Gasteiger partial charge in [-0.15, -0.1) is 0 Å². The fourth-order valence-electron chi connectivity index (χ4n) is 4.05. The fraction of sp³-hybridized carbons (Fsp3) is 0.444. The van der Waals surface area contributed by atoms with Gasteiger partial charge in [-0.3, -0.25) is 19.1 Å². The maximum absolute atomic E-state index is 12.5. The normalized spacial score (nSPS) is 21.1. The highest BCUT2D eigenvalue weighted by Gasteiger charge is 2.37. The molecule has 0 spiro atoms. The highest BCUT2D eigenvalue weighted by Crippen LogP contribution is 2.42. The van der Waals surface area contributed by atoms with Gasteiger partial charge in [-0.25, -0.2) is 0 Å². The summed E-state index contributed by atoms with van der Waals surface area (Å²) in [5.74, 6) is 0.445. The highest BCUT2D eigenvalue weighted by molar-refractivity contribution is 5.97. The number of benzene rings is 1. The van der Waals surface area contributed by atoms with Crippen LogP contribution in [0, 0.1) is 0 Å². The molecule has 1 unspecified atom stereocenters. The Morgan fingerprint density at radius 3 is 2.91 bits per heavy atom. The van der Waals surface area contributed by atoms with Crippen LogP contribution >= 0.6 is 0 Å². The number of Topliss-reactive ketones (excluding diaryl/α,β-unsaturated/α-hetero) is 1. The van der Waals surface area contributed by atoms with Crippen LogP contribution in [0.4, 0.5) is 0 Å². The summed E-state index contributed by atoms with van der Waals surface area (Å²) in [5, 5.41) is 1.23. The Morgan fingerprint density at radius 1 is 1.27 bits per heavy atom. The number of hydrogen-bond donors (Lipinski definition) is 0.